The van der Waals surface area contributed by atoms with Crippen LogP contribution in [-0.2, 0) is 29.7 Å². The number of benzene rings is 4. The molecule has 2 aromatic heterocycles. The molecular weight excluding hydrogens is 711 g/mol. The van der Waals surface area contributed by atoms with E-state index in [4.69, 9.17) is 19.3 Å². The van der Waals surface area contributed by atoms with Crippen molar-refractivity contribution in [2.75, 3.05) is 26.6 Å². The zero-order valence-electron chi connectivity index (χ0n) is 29.7. The summed E-state index contributed by atoms with van der Waals surface area (Å²) in [6.45, 7) is 0.385. The maximum Gasteiger partial charge on any atom is 0.410 e. The minimum atomic E-state index is -4.26. The summed E-state index contributed by atoms with van der Waals surface area (Å²) in [5.41, 5.74) is 3.79. The first kappa shape index (κ1) is 37.2. The summed E-state index contributed by atoms with van der Waals surface area (Å²) in [5.74, 6) is 2.28. The SMILES string of the molecule is COc1ccc(CN(Cc2ccc(OC)cc2)S(=O)(=O)c2cccc(C=Cc3ccc(NC(=O)O)nc3)c2-c2nnn(Cc3ccc(OC)cc3)n2)cc1. The van der Waals surface area contributed by atoms with Gasteiger partial charge in [0.15, 0.2) is 0 Å². The number of hydrogen-bond donors (Lipinski definition) is 2. The van der Waals surface area contributed by atoms with Crippen LogP contribution in [0.15, 0.2) is 114 Å². The number of nitrogens with one attached hydrogen (secondary N) is 1. The summed E-state index contributed by atoms with van der Waals surface area (Å²) in [6, 6.07) is 30.1. The molecule has 0 aliphatic rings. The van der Waals surface area contributed by atoms with Gasteiger partial charge in [-0.25, -0.2) is 18.2 Å². The van der Waals surface area contributed by atoms with E-state index in [9.17, 15) is 13.2 Å². The maximum atomic E-state index is 15.0. The molecule has 2 N–H and O–H groups in total. The predicted octanol–water partition coefficient (Wildman–Crippen LogP) is 6.46. The Balaban J connectivity index is 1.43. The number of hydrogen-bond acceptors (Lipinski definition) is 10. The zero-order valence-corrected chi connectivity index (χ0v) is 30.5. The van der Waals surface area contributed by atoms with E-state index >= 15 is 0 Å². The Hall–Kier alpha value is -6.58. The lowest BCUT2D eigenvalue weighted by atomic mass is 10.1. The molecule has 0 radical (unpaired) electrons. The van der Waals surface area contributed by atoms with Gasteiger partial charge in [0, 0.05) is 19.3 Å². The molecule has 0 saturated heterocycles. The molecule has 276 valence electrons. The van der Waals surface area contributed by atoms with Gasteiger partial charge in [-0.05, 0) is 87.6 Å². The van der Waals surface area contributed by atoms with Crippen molar-refractivity contribution in [3.63, 3.8) is 0 Å². The molecule has 0 unspecified atom stereocenters. The lowest BCUT2D eigenvalue weighted by molar-refractivity contribution is 0.209. The lowest BCUT2D eigenvalue weighted by Crippen LogP contribution is -2.31. The van der Waals surface area contributed by atoms with Crippen molar-refractivity contribution in [2.24, 2.45) is 0 Å². The molecule has 4 aromatic carbocycles. The summed E-state index contributed by atoms with van der Waals surface area (Å²) in [7, 11) is 0.477. The number of carboxylic acid groups (broad SMARTS) is 1. The molecule has 0 aliphatic heterocycles. The van der Waals surface area contributed by atoms with E-state index in [-0.39, 0.29) is 41.7 Å². The molecule has 1 amide bonds. The highest BCUT2D eigenvalue weighted by Crippen LogP contribution is 2.34. The van der Waals surface area contributed by atoms with Crippen LogP contribution in [0.4, 0.5) is 10.6 Å². The van der Waals surface area contributed by atoms with Gasteiger partial charge in [-0.3, -0.25) is 5.32 Å². The number of methoxy groups -OCH3 is 3. The van der Waals surface area contributed by atoms with Gasteiger partial charge < -0.3 is 19.3 Å². The maximum absolute atomic E-state index is 15.0. The summed E-state index contributed by atoms with van der Waals surface area (Å²) in [4.78, 5) is 16.6. The average molecular weight is 748 g/mol. The molecule has 15 heteroatoms. The van der Waals surface area contributed by atoms with Crippen molar-refractivity contribution >= 4 is 34.1 Å². The second kappa shape index (κ2) is 16.8. The second-order valence-corrected chi connectivity index (χ2v) is 13.8. The molecule has 0 atom stereocenters. The monoisotopic (exact) mass is 747 g/mol. The van der Waals surface area contributed by atoms with Gasteiger partial charge in [0.2, 0.25) is 15.8 Å². The molecule has 0 spiro atoms. The van der Waals surface area contributed by atoms with Crippen LogP contribution in [0.2, 0.25) is 0 Å². The van der Waals surface area contributed by atoms with E-state index in [1.165, 1.54) is 27.4 Å². The number of nitrogens with zero attached hydrogens (tertiary/aromatic N) is 6. The normalized spacial score (nSPS) is 11.5. The summed E-state index contributed by atoms with van der Waals surface area (Å²) >= 11 is 0. The minimum absolute atomic E-state index is 0.0187. The molecule has 0 saturated carbocycles. The van der Waals surface area contributed by atoms with Crippen LogP contribution in [-0.4, -0.2) is 70.4 Å². The fourth-order valence-electron chi connectivity index (χ4n) is 5.55. The molecule has 14 nitrogen and oxygen atoms in total. The minimum Gasteiger partial charge on any atom is -0.497 e. The van der Waals surface area contributed by atoms with Crippen molar-refractivity contribution < 1.29 is 32.5 Å². The molecule has 6 rings (SSSR count). The van der Waals surface area contributed by atoms with Crippen LogP contribution in [0, 0.1) is 0 Å². The third-order valence-electron chi connectivity index (χ3n) is 8.35. The van der Waals surface area contributed by atoms with Gasteiger partial charge in [0.1, 0.15) is 23.1 Å². The van der Waals surface area contributed by atoms with E-state index in [1.807, 2.05) is 48.5 Å². The van der Waals surface area contributed by atoms with Crippen molar-refractivity contribution in [1.29, 1.82) is 0 Å². The Labute approximate surface area is 312 Å². The Bertz CT molecular complexity index is 2280. The van der Waals surface area contributed by atoms with Gasteiger partial charge in [0.05, 0.1) is 38.3 Å². The standard InChI is InChI=1S/C39H37N7O7S/c1-51-32-16-8-28(9-17-32)24-45(25-29-10-18-33(52-2)19-11-29)54(49,50)35-6-4-5-31(15-7-27-14-22-36(40-23-27)41-39(47)48)37(35)38-42-44-46(43-38)26-30-12-20-34(53-3)21-13-30/h4-23H,24-26H2,1-3H3,(H,40,41)(H,47,48). The summed E-state index contributed by atoms with van der Waals surface area (Å²) in [6.07, 6.45) is 3.74. The van der Waals surface area contributed by atoms with E-state index in [0.29, 0.717) is 28.4 Å². The number of aromatic nitrogens is 5. The quantitative estimate of drug-likeness (QED) is 0.118. The Morgan fingerprint density at radius 1 is 0.778 bits per heavy atom. The highest BCUT2D eigenvalue weighted by molar-refractivity contribution is 7.89. The van der Waals surface area contributed by atoms with Crippen molar-refractivity contribution in [2.45, 2.75) is 24.5 Å². The molecule has 2 heterocycles. The molecule has 0 bridgehead atoms. The average Bonchev–Trinajstić information content (AvgIpc) is 3.65. The predicted molar refractivity (Wildman–Crippen MR) is 203 cm³/mol. The second-order valence-electron chi connectivity index (χ2n) is 11.9. The third kappa shape index (κ3) is 9.07. The molecule has 54 heavy (non-hydrogen) atoms. The van der Waals surface area contributed by atoms with Crippen molar-refractivity contribution in [1.82, 2.24) is 29.5 Å². The topological polar surface area (TPSA) is 171 Å². The Kier molecular flexibility index (Phi) is 11.6. The fraction of sp³-hybridized carbons (Fsp3) is 0.154. The number of carbonyl (C=O) groups is 1. The molecule has 6 aromatic rings. The van der Waals surface area contributed by atoms with Crippen molar-refractivity contribution in [3.05, 3.63) is 137 Å². The Morgan fingerprint density at radius 2 is 1.35 bits per heavy atom. The molecular formula is C39H37N7O7S. The van der Waals surface area contributed by atoms with E-state index in [2.05, 4.69) is 25.7 Å². The number of tetrazole rings is 1. The van der Waals surface area contributed by atoms with E-state index < -0.39 is 16.1 Å². The van der Waals surface area contributed by atoms with Crippen LogP contribution < -0.4 is 19.5 Å². The first-order chi connectivity index (χ1) is 26.1. The number of amides is 1. The van der Waals surface area contributed by atoms with Crippen LogP contribution in [0.25, 0.3) is 23.5 Å². The van der Waals surface area contributed by atoms with Crippen LogP contribution in [0.5, 0.6) is 17.2 Å². The van der Waals surface area contributed by atoms with Gasteiger partial charge in [-0.15, -0.1) is 10.2 Å². The van der Waals surface area contributed by atoms with Crippen LogP contribution in [0.1, 0.15) is 27.8 Å². The highest BCUT2D eigenvalue weighted by atomic mass is 32.2. The van der Waals surface area contributed by atoms with E-state index in [0.717, 1.165) is 16.7 Å². The lowest BCUT2D eigenvalue weighted by Gasteiger charge is -2.24. The summed E-state index contributed by atoms with van der Waals surface area (Å²) < 4.78 is 47.3. The number of rotatable bonds is 15. The van der Waals surface area contributed by atoms with Crippen LogP contribution >= 0.6 is 0 Å². The fourth-order valence-corrected chi connectivity index (χ4v) is 7.19. The number of ether oxygens (including phenoxy) is 3. The highest BCUT2D eigenvalue weighted by Gasteiger charge is 2.31. The molecule has 0 fully saturated rings. The van der Waals surface area contributed by atoms with Crippen LogP contribution in [0.3, 0.4) is 0 Å². The number of anilines is 1. The van der Waals surface area contributed by atoms with Gasteiger partial charge >= 0.3 is 6.09 Å². The molecule has 0 aliphatic carbocycles. The summed E-state index contributed by atoms with van der Waals surface area (Å²) in [5, 5.41) is 24.5. The third-order valence-corrected chi connectivity index (χ3v) is 10.2. The zero-order chi connectivity index (χ0) is 38.1. The van der Waals surface area contributed by atoms with Gasteiger partial charge in [0.25, 0.3) is 0 Å². The van der Waals surface area contributed by atoms with Gasteiger partial charge in [-0.1, -0.05) is 60.7 Å². The number of sulfonamides is 1. The smallest absolute Gasteiger partial charge is 0.410 e. The first-order valence-corrected chi connectivity index (χ1v) is 18.0. The first-order valence-electron chi connectivity index (χ1n) is 16.6. The number of pyridine rings is 1. The van der Waals surface area contributed by atoms with Crippen molar-refractivity contribution in [3.8, 4) is 28.6 Å². The van der Waals surface area contributed by atoms with E-state index in [1.54, 1.807) is 75.9 Å². The Morgan fingerprint density at radius 3 is 1.87 bits per heavy atom. The largest absolute Gasteiger partial charge is 0.497 e. The van der Waals surface area contributed by atoms with Gasteiger partial charge in [-0.2, -0.15) is 9.10 Å².